The largest absolute Gasteiger partial charge is 0.490 e. The van der Waals surface area contributed by atoms with Crippen molar-refractivity contribution < 1.29 is 9.47 Å². The summed E-state index contributed by atoms with van der Waals surface area (Å²) in [5.41, 5.74) is 2.91. The zero-order valence-electron chi connectivity index (χ0n) is 13.2. The average Bonchev–Trinajstić information content (AvgIpc) is 2.41. The molecule has 0 bridgehead atoms. The van der Waals surface area contributed by atoms with E-state index in [0.717, 1.165) is 22.5 Å². The standard InChI is InChI=1S/C18H23NO2/c1-12(2)20-17-9-7-6-8-16(17)15-10-11-19-18(14(15)5)21-13(3)4/h6-13,18H,5H2,1-4H3. The van der Waals surface area contributed by atoms with Crippen LogP contribution in [0.3, 0.4) is 0 Å². The van der Waals surface area contributed by atoms with E-state index in [4.69, 9.17) is 9.47 Å². The van der Waals surface area contributed by atoms with E-state index in [9.17, 15) is 0 Å². The molecular weight excluding hydrogens is 262 g/mol. The van der Waals surface area contributed by atoms with Crippen LogP contribution in [-0.4, -0.2) is 24.7 Å². The van der Waals surface area contributed by atoms with E-state index in [0.29, 0.717) is 0 Å². The van der Waals surface area contributed by atoms with E-state index < -0.39 is 0 Å². The second-order valence-corrected chi connectivity index (χ2v) is 5.60. The average molecular weight is 285 g/mol. The van der Waals surface area contributed by atoms with Gasteiger partial charge in [0, 0.05) is 17.4 Å². The molecule has 0 amide bonds. The van der Waals surface area contributed by atoms with Gasteiger partial charge in [-0.15, -0.1) is 0 Å². The Morgan fingerprint density at radius 3 is 2.48 bits per heavy atom. The summed E-state index contributed by atoms with van der Waals surface area (Å²) in [5, 5.41) is 0. The van der Waals surface area contributed by atoms with Crippen LogP contribution in [0.5, 0.6) is 5.75 Å². The molecule has 1 aromatic carbocycles. The van der Waals surface area contributed by atoms with Gasteiger partial charge in [0.15, 0.2) is 6.23 Å². The number of ether oxygens (including phenoxy) is 2. The number of hydrogen-bond acceptors (Lipinski definition) is 3. The number of para-hydroxylation sites is 1. The van der Waals surface area contributed by atoms with Crippen molar-refractivity contribution in [3.8, 4) is 5.75 Å². The van der Waals surface area contributed by atoms with Crippen molar-refractivity contribution in [1.82, 2.24) is 0 Å². The van der Waals surface area contributed by atoms with Gasteiger partial charge >= 0.3 is 0 Å². The smallest absolute Gasteiger partial charge is 0.174 e. The molecule has 0 saturated carbocycles. The molecule has 1 aliphatic heterocycles. The lowest BCUT2D eigenvalue weighted by molar-refractivity contribution is 0.0370. The molecule has 112 valence electrons. The van der Waals surface area contributed by atoms with E-state index >= 15 is 0 Å². The minimum Gasteiger partial charge on any atom is -0.490 e. The van der Waals surface area contributed by atoms with Gasteiger partial charge in [-0.3, -0.25) is 4.99 Å². The first kappa shape index (κ1) is 15.5. The molecule has 1 unspecified atom stereocenters. The molecular formula is C18H23NO2. The SMILES string of the molecule is C=C1C(c2ccccc2OC(C)C)=CC=NC1OC(C)C. The molecule has 3 heteroatoms. The number of allylic oxidation sites excluding steroid dienone is 1. The van der Waals surface area contributed by atoms with Crippen LogP contribution in [0.25, 0.3) is 5.57 Å². The van der Waals surface area contributed by atoms with Crippen molar-refractivity contribution in [3.63, 3.8) is 0 Å². The summed E-state index contributed by atoms with van der Waals surface area (Å²) >= 11 is 0. The molecule has 21 heavy (non-hydrogen) atoms. The molecule has 1 atom stereocenters. The normalized spacial score (nSPS) is 18.3. The summed E-state index contributed by atoms with van der Waals surface area (Å²) in [6.45, 7) is 12.2. The van der Waals surface area contributed by atoms with Gasteiger partial charge in [-0.25, -0.2) is 0 Å². The Labute approximate surface area is 127 Å². The highest BCUT2D eigenvalue weighted by Gasteiger charge is 2.22. The predicted octanol–water partition coefficient (Wildman–Crippen LogP) is 4.25. The first-order chi connectivity index (χ1) is 9.99. The highest BCUT2D eigenvalue weighted by molar-refractivity contribution is 5.95. The number of hydrogen-bond donors (Lipinski definition) is 0. The monoisotopic (exact) mass is 285 g/mol. The molecule has 1 heterocycles. The second-order valence-electron chi connectivity index (χ2n) is 5.60. The van der Waals surface area contributed by atoms with Gasteiger partial charge in [-0.1, -0.05) is 24.8 Å². The van der Waals surface area contributed by atoms with Gasteiger partial charge in [0.1, 0.15) is 5.75 Å². The van der Waals surface area contributed by atoms with E-state index in [1.165, 1.54) is 0 Å². The van der Waals surface area contributed by atoms with E-state index in [1.807, 2.05) is 58.0 Å². The number of nitrogens with zero attached hydrogens (tertiary/aromatic N) is 1. The maximum atomic E-state index is 5.90. The highest BCUT2D eigenvalue weighted by Crippen LogP contribution is 2.34. The van der Waals surface area contributed by atoms with Gasteiger partial charge in [0.2, 0.25) is 0 Å². The summed E-state index contributed by atoms with van der Waals surface area (Å²) < 4.78 is 11.7. The van der Waals surface area contributed by atoms with Crippen LogP contribution in [0, 0.1) is 0 Å². The van der Waals surface area contributed by atoms with Crippen LogP contribution in [-0.2, 0) is 4.74 Å². The summed E-state index contributed by atoms with van der Waals surface area (Å²) in [4.78, 5) is 4.35. The number of benzene rings is 1. The molecule has 2 rings (SSSR count). The van der Waals surface area contributed by atoms with Crippen LogP contribution in [0.4, 0.5) is 0 Å². The van der Waals surface area contributed by atoms with Crippen molar-refractivity contribution in [2.45, 2.75) is 46.1 Å². The van der Waals surface area contributed by atoms with Crippen molar-refractivity contribution in [3.05, 3.63) is 48.1 Å². The molecule has 0 fully saturated rings. The van der Waals surface area contributed by atoms with Gasteiger partial charge in [-0.05, 0) is 45.4 Å². The number of aliphatic imine (C=N–C) groups is 1. The third-order valence-electron chi connectivity index (χ3n) is 3.05. The third kappa shape index (κ3) is 3.82. The fraction of sp³-hybridized carbons (Fsp3) is 0.389. The highest BCUT2D eigenvalue weighted by atomic mass is 16.5. The predicted molar refractivity (Wildman–Crippen MR) is 87.8 cm³/mol. The Hall–Kier alpha value is -1.87. The van der Waals surface area contributed by atoms with Crippen LogP contribution in [0.1, 0.15) is 33.3 Å². The molecule has 0 saturated heterocycles. The number of rotatable bonds is 5. The van der Waals surface area contributed by atoms with E-state index in [2.05, 4.69) is 11.6 Å². The van der Waals surface area contributed by atoms with Crippen LogP contribution in [0.15, 0.2) is 47.5 Å². The molecule has 1 aromatic rings. The van der Waals surface area contributed by atoms with E-state index in [-0.39, 0.29) is 18.4 Å². The lowest BCUT2D eigenvalue weighted by Crippen LogP contribution is -2.21. The Morgan fingerprint density at radius 2 is 1.81 bits per heavy atom. The van der Waals surface area contributed by atoms with Crippen molar-refractivity contribution in [1.29, 1.82) is 0 Å². The zero-order chi connectivity index (χ0) is 15.4. The molecule has 0 aliphatic carbocycles. The van der Waals surface area contributed by atoms with Gasteiger partial charge in [0.25, 0.3) is 0 Å². The molecule has 0 spiro atoms. The first-order valence-corrected chi connectivity index (χ1v) is 7.33. The van der Waals surface area contributed by atoms with Crippen LogP contribution < -0.4 is 4.74 Å². The fourth-order valence-electron chi connectivity index (χ4n) is 2.21. The Bertz CT molecular complexity index is 570. The molecule has 0 radical (unpaired) electrons. The lowest BCUT2D eigenvalue weighted by Gasteiger charge is -2.25. The minimum atomic E-state index is -0.322. The summed E-state index contributed by atoms with van der Waals surface area (Å²) in [6.07, 6.45) is 3.65. The van der Waals surface area contributed by atoms with Crippen LogP contribution in [0.2, 0.25) is 0 Å². The zero-order valence-corrected chi connectivity index (χ0v) is 13.2. The van der Waals surface area contributed by atoms with Crippen molar-refractivity contribution in [2.24, 2.45) is 4.99 Å². The Morgan fingerprint density at radius 1 is 1.10 bits per heavy atom. The lowest BCUT2D eigenvalue weighted by atomic mass is 9.95. The fourth-order valence-corrected chi connectivity index (χ4v) is 2.21. The van der Waals surface area contributed by atoms with Gasteiger partial charge < -0.3 is 9.47 Å². The van der Waals surface area contributed by atoms with Gasteiger partial charge in [0.05, 0.1) is 12.2 Å². The first-order valence-electron chi connectivity index (χ1n) is 7.33. The maximum absolute atomic E-state index is 5.90. The number of dihydropyridines is 1. The molecule has 3 nitrogen and oxygen atoms in total. The second kappa shape index (κ2) is 6.72. The van der Waals surface area contributed by atoms with Crippen molar-refractivity contribution >= 4 is 11.8 Å². The van der Waals surface area contributed by atoms with Crippen LogP contribution >= 0.6 is 0 Å². The van der Waals surface area contributed by atoms with E-state index in [1.54, 1.807) is 6.21 Å². The third-order valence-corrected chi connectivity index (χ3v) is 3.05. The minimum absolute atomic E-state index is 0.102. The summed E-state index contributed by atoms with van der Waals surface area (Å²) in [6, 6.07) is 8.00. The molecule has 1 aliphatic rings. The topological polar surface area (TPSA) is 30.8 Å². The summed E-state index contributed by atoms with van der Waals surface area (Å²) in [5.74, 6) is 0.860. The Balaban J connectivity index is 2.32. The van der Waals surface area contributed by atoms with Gasteiger partial charge in [-0.2, -0.15) is 0 Å². The molecule has 0 aromatic heterocycles. The quantitative estimate of drug-likeness (QED) is 0.809. The van der Waals surface area contributed by atoms with Crippen molar-refractivity contribution in [2.75, 3.05) is 0 Å². The summed E-state index contributed by atoms with van der Waals surface area (Å²) in [7, 11) is 0. The maximum Gasteiger partial charge on any atom is 0.174 e. The molecule has 0 N–H and O–H groups in total. The Kier molecular flexibility index (Phi) is 4.97.